The summed E-state index contributed by atoms with van der Waals surface area (Å²) in [7, 11) is 3.69. The number of carbonyl (C=O) groups is 1. The van der Waals surface area contributed by atoms with Crippen LogP contribution in [0.4, 0.5) is 0 Å². The number of thioether (sulfide) groups is 1. The number of aromatic nitrogens is 1. The number of methoxy groups -OCH3 is 1. The van der Waals surface area contributed by atoms with E-state index in [0.717, 1.165) is 27.9 Å². The van der Waals surface area contributed by atoms with Crippen molar-refractivity contribution in [1.82, 2.24) is 14.6 Å². The van der Waals surface area contributed by atoms with Crippen LogP contribution in [0.5, 0.6) is 5.75 Å². The lowest BCUT2D eigenvalue weighted by atomic mass is 10.1. The van der Waals surface area contributed by atoms with Crippen molar-refractivity contribution >= 4 is 51.2 Å². The van der Waals surface area contributed by atoms with E-state index in [1.54, 1.807) is 12.1 Å². The Labute approximate surface area is 167 Å². The molecular weight excluding hydrogens is 382 g/mol. The van der Waals surface area contributed by atoms with Gasteiger partial charge in [-0.1, -0.05) is 24.0 Å². The summed E-state index contributed by atoms with van der Waals surface area (Å²) in [5, 5.41) is 4.65. The number of fused-ring (bicyclic) bond motifs is 1. The van der Waals surface area contributed by atoms with Crippen LogP contribution in [-0.4, -0.2) is 58.2 Å². The molecule has 0 unspecified atom stereocenters. The molecule has 0 radical (unpaired) electrons. The molecule has 2 aliphatic heterocycles. The standard InChI is InChI=1S/C19H21N3O3S2/c1-12-14(15-10-13(24-3)4-5-16(15)20(12)2)11-17-18(23)22(19(26)27-17)21-6-8-25-9-7-21/h4-5,10-11H,6-9H2,1-3H3/b17-11-. The molecule has 2 saturated heterocycles. The fraction of sp³-hybridized carbons (Fsp3) is 0.368. The number of morpholine rings is 1. The maximum absolute atomic E-state index is 13.0. The number of hydrogen-bond donors (Lipinski definition) is 0. The van der Waals surface area contributed by atoms with Gasteiger partial charge in [0.2, 0.25) is 0 Å². The minimum absolute atomic E-state index is 0.0637. The fourth-order valence-electron chi connectivity index (χ4n) is 3.48. The summed E-state index contributed by atoms with van der Waals surface area (Å²) in [6.45, 7) is 4.62. The molecule has 0 N–H and O–H groups in total. The van der Waals surface area contributed by atoms with E-state index in [1.807, 2.05) is 36.3 Å². The molecule has 27 heavy (non-hydrogen) atoms. The van der Waals surface area contributed by atoms with Gasteiger partial charge in [0.05, 0.1) is 25.2 Å². The molecule has 3 heterocycles. The molecule has 1 amide bonds. The van der Waals surface area contributed by atoms with Crippen molar-refractivity contribution in [3.63, 3.8) is 0 Å². The topological polar surface area (TPSA) is 46.9 Å². The third-order valence-corrected chi connectivity index (χ3v) is 6.35. The molecule has 2 aromatic rings. The zero-order valence-corrected chi connectivity index (χ0v) is 17.2. The predicted octanol–water partition coefficient (Wildman–Crippen LogP) is 2.94. The Morgan fingerprint density at radius 2 is 2.04 bits per heavy atom. The molecule has 0 atom stereocenters. The average Bonchev–Trinajstić information content (AvgIpc) is 3.10. The number of carbonyl (C=O) groups excluding carboxylic acids is 1. The highest BCUT2D eigenvalue weighted by Gasteiger charge is 2.37. The summed E-state index contributed by atoms with van der Waals surface area (Å²) < 4.78 is 13.5. The monoisotopic (exact) mass is 403 g/mol. The molecule has 0 spiro atoms. The highest BCUT2D eigenvalue weighted by Crippen LogP contribution is 2.37. The first kappa shape index (κ1) is 18.5. The molecule has 6 nitrogen and oxygen atoms in total. The lowest BCUT2D eigenvalue weighted by Gasteiger charge is -2.33. The number of thiocarbonyl (C=S) groups is 1. The van der Waals surface area contributed by atoms with Crippen molar-refractivity contribution in [2.75, 3.05) is 33.4 Å². The summed E-state index contributed by atoms with van der Waals surface area (Å²) in [6, 6.07) is 6.00. The first-order valence-corrected chi connectivity index (χ1v) is 9.97. The normalized spacial score (nSPS) is 20.3. The van der Waals surface area contributed by atoms with Crippen LogP contribution < -0.4 is 4.74 Å². The van der Waals surface area contributed by atoms with Crippen molar-refractivity contribution in [2.45, 2.75) is 6.92 Å². The van der Waals surface area contributed by atoms with Gasteiger partial charge in [-0.15, -0.1) is 0 Å². The lowest BCUT2D eigenvalue weighted by Crippen LogP contribution is -2.50. The van der Waals surface area contributed by atoms with E-state index in [9.17, 15) is 4.79 Å². The Morgan fingerprint density at radius 1 is 1.30 bits per heavy atom. The predicted molar refractivity (Wildman–Crippen MR) is 112 cm³/mol. The van der Waals surface area contributed by atoms with Crippen molar-refractivity contribution in [3.05, 3.63) is 34.4 Å². The second-order valence-corrected chi connectivity index (χ2v) is 8.18. The molecule has 0 aliphatic carbocycles. The summed E-state index contributed by atoms with van der Waals surface area (Å²) in [5.74, 6) is 0.731. The van der Waals surface area contributed by atoms with Crippen molar-refractivity contribution < 1.29 is 14.3 Å². The second-order valence-electron chi connectivity index (χ2n) is 6.50. The van der Waals surface area contributed by atoms with Crippen LogP contribution >= 0.6 is 24.0 Å². The molecule has 8 heteroatoms. The van der Waals surface area contributed by atoms with Gasteiger partial charge in [0, 0.05) is 42.3 Å². The number of benzene rings is 1. The second kappa shape index (κ2) is 7.27. The number of hydrazine groups is 1. The molecule has 0 bridgehead atoms. The number of aryl methyl sites for hydroxylation is 1. The molecule has 2 aliphatic rings. The van der Waals surface area contributed by atoms with E-state index < -0.39 is 0 Å². The number of ether oxygens (including phenoxy) is 2. The Bertz CT molecular complexity index is 961. The Kier molecular flexibility index (Phi) is 4.98. The van der Waals surface area contributed by atoms with E-state index in [-0.39, 0.29) is 5.91 Å². The molecule has 142 valence electrons. The van der Waals surface area contributed by atoms with Gasteiger partial charge in [-0.2, -0.15) is 0 Å². The SMILES string of the molecule is COc1ccc2c(c1)c(/C=C1\SC(=S)N(N3CCOCC3)C1=O)c(C)n2C. The summed E-state index contributed by atoms with van der Waals surface area (Å²) >= 11 is 6.84. The lowest BCUT2D eigenvalue weighted by molar-refractivity contribution is -0.138. The van der Waals surface area contributed by atoms with Crippen LogP contribution in [0.2, 0.25) is 0 Å². The van der Waals surface area contributed by atoms with Crippen LogP contribution in [0.1, 0.15) is 11.3 Å². The van der Waals surface area contributed by atoms with Gasteiger partial charge >= 0.3 is 0 Å². The third kappa shape index (κ3) is 3.16. The minimum Gasteiger partial charge on any atom is -0.497 e. The highest BCUT2D eigenvalue weighted by molar-refractivity contribution is 8.26. The summed E-state index contributed by atoms with van der Waals surface area (Å²) in [6.07, 6.45) is 1.96. The van der Waals surface area contributed by atoms with Gasteiger partial charge in [-0.25, -0.2) is 10.0 Å². The molecule has 1 aromatic heterocycles. The molecule has 2 fully saturated rings. The fourth-order valence-corrected chi connectivity index (χ4v) is 4.77. The van der Waals surface area contributed by atoms with Gasteiger partial charge in [-0.05, 0) is 31.2 Å². The van der Waals surface area contributed by atoms with Gasteiger partial charge in [0.25, 0.3) is 5.91 Å². The van der Waals surface area contributed by atoms with E-state index >= 15 is 0 Å². The van der Waals surface area contributed by atoms with E-state index in [4.69, 9.17) is 21.7 Å². The first-order valence-electron chi connectivity index (χ1n) is 8.75. The van der Waals surface area contributed by atoms with Gasteiger partial charge < -0.3 is 14.0 Å². The smallest absolute Gasteiger partial charge is 0.280 e. The van der Waals surface area contributed by atoms with Crippen molar-refractivity contribution in [1.29, 1.82) is 0 Å². The Morgan fingerprint density at radius 3 is 2.74 bits per heavy atom. The average molecular weight is 404 g/mol. The van der Waals surface area contributed by atoms with Crippen LogP contribution in [0.25, 0.3) is 17.0 Å². The maximum atomic E-state index is 13.0. The number of nitrogens with zero attached hydrogens (tertiary/aromatic N) is 3. The number of amides is 1. The quantitative estimate of drug-likeness (QED) is 0.580. The van der Waals surface area contributed by atoms with Crippen LogP contribution in [0, 0.1) is 6.92 Å². The van der Waals surface area contributed by atoms with Crippen LogP contribution in [0.15, 0.2) is 23.1 Å². The van der Waals surface area contributed by atoms with Crippen molar-refractivity contribution in [2.24, 2.45) is 7.05 Å². The first-order chi connectivity index (χ1) is 13.0. The molecule has 0 saturated carbocycles. The number of rotatable bonds is 3. The van der Waals surface area contributed by atoms with Gasteiger partial charge in [0.15, 0.2) is 4.32 Å². The Balaban J connectivity index is 1.74. The maximum Gasteiger partial charge on any atom is 0.280 e. The van der Waals surface area contributed by atoms with Crippen molar-refractivity contribution in [3.8, 4) is 5.75 Å². The zero-order chi connectivity index (χ0) is 19.1. The Hall–Kier alpha value is -1.87. The molecule has 1 aromatic carbocycles. The van der Waals surface area contributed by atoms with Crippen LogP contribution in [-0.2, 0) is 16.6 Å². The van der Waals surface area contributed by atoms with E-state index in [2.05, 4.69) is 11.5 Å². The summed E-state index contributed by atoms with van der Waals surface area (Å²) in [4.78, 5) is 13.7. The molecular formula is C19H21N3O3S2. The van der Waals surface area contributed by atoms with Gasteiger partial charge in [-0.3, -0.25) is 4.79 Å². The van der Waals surface area contributed by atoms with E-state index in [1.165, 1.54) is 11.8 Å². The third-order valence-electron chi connectivity index (χ3n) is 5.07. The molecule has 4 rings (SSSR count). The van der Waals surface area contributed by atoms with Gasteiger partial charge in [0.1, 0.15) is 5.75 Å². The zero-order valence-electron chi connectivity index (χ0n) is 15.5. The minimum atomic E-state index is -0.0637. The van der Waals surface area contributed by atoms with Crippen LogP contribution in [0.3, 0.4) is 0 Å². The summed E-state index contributed by atoms with van der Waals surface area (Å²) in [5.41, 5.74) is 3.21. The number of hydrogen-bond acceptors (Lipinski definition) is 6. The largest absolute Gasteiger partial charge is 0.497 e. The van der Waals surface area contributed by atoms with E-state index in [0.29, 0.717) is 35.5 Å². The highest BCUT2D eigenvalue weighted by atomic mass is 32.2.